The van der Waals surface area contributed by atoms with Crippen molar-refractivity contribution >= 4 is 11.6 Å². The van der Waals surface area contributed by atoms with E-state index in [-0.39, 0.29) is 12.4 Å². The standard InChI is InChI=1S/C12H15ClO2/c1-2-9-5-3-4-6-11(9)12-14-8-10(7-13)15-12/h3-6,10,12H,2,7-8H2,1H3. The second kappa shape index (κ2) is 4.97. The predicted molar refractivity (Wildman–Crippen MR) is 60.1 cm³/mol. The molecule has 0 saturated carbocycles. The van der Waals surface area contributed by atoms with Crippen LogP contribution in [0.15, 0.2) is 24.3 Å². The highest BCUT2D eigenvalue weighted by Gasteiger charge is 2.27. The van der Waals surface area contributed by atoms with E-state index in [1.54, 1.807) is 0 Å². The average Bonchev–Trinajstić information content (AvgIpc) is 2.77. The van der Waals surface area contributed by atoms with Crippen molar-refractivity contribution in [1.82, 2.24) is 0 Å². The van der Waals surface area contributed by atoms with Gasteiger partial charge in [0.05, 0.1) is 18.6 Å². The average molecular weight is 227 g/mol. The van der Waals surface area contributed by atoms with Gasteiger partial charge in [-0.3, -0.25) is 0 Å². The van der Waals surface area contributed by atoms with Gasteiger partial charge < -0.3 is 9.47 Å². The lowest BCUT2D eigenvalue weighted by Gasteiger charge is -2.14. The van der Waals surface area contributed by atoms with Gasteiger partial charge in [0.25, 0.3) is 0 Å². The first-order chi connectivity index (χ1) is 7.35. The van der Waals surface area contributed by atoms with E-state index in [1.165, 1.54) is 5.56 Å². The quantitative estimate of drug-likeness (QED) is 0.738. The van der Waals surface area contributed by atoms with E-state index < -0.39 is 0 Å². The molecule has 15 heavy (non-hydrogen) atoms. The fraction of sp³-hybridized carbons (Fsp3) is 0.500. The van der Waals surface area contributed by atoms with Gasteiger partial charge in [-0.1, -0.05) is 31.2 Å². The molecule has 2 unspecified atom stereocenters. The molecule has 2 nitrogen and oxygen atoms in total. The second-order valence-corrected chi connectivity index (χ2v) is 3.94. The van der Waals surface area contributed by atoms with Crippen LogP contribution in [0.25, 0.3) is 0 Å². The fourth-order valence-electron chi connectivity index (χ4n) is 1.78. The highest BCUT2D eigenvalue weighted by molar-refractivity contribution is 6.18. The van der Waals surface area contributed by atoms with Crippen molar-refractivity contribution in [2.24, 2.45) is 0 Å². The van der Waals surface area contributed by atoms with Crippen molar-refractivity contribution in [3.8, 4) is 0 Å². The van der Waals surface area contributed by atoms with Gasteiger partial charge in [0.2, 0.25) is 0 Å². The first-order valence-corrected chi connectivity index (χ1v) is 5.79. The largest absolute Gasteiger partial charge is 0.346 e. The summed E-state index contributed by atoms with van der Waals surface area (Å²) in [6, 6.07) is 8.21. The number of hydrogen-bond donors (Lipinski definition) is 0. The molecule has 0 spiro atoms. The molecule has 0 radical (unpaired) electrons. The second-order valence-electron chi connectivity index (χ2n) is 3.63. The van der Waals surface area contributed by atoms with Crippen LogP contribution in [0.3, 0.4) is 0 Å². The smallest absolute Gasteiger partial charge is 0.184 e. The molecule has 1 heterocycles. The molecule has 2 rings (SSSR count). The molecule has 0 aliphatic carbocycles. The topological polar surface area (TPSA) is 18.5 Å². The van der Waals surface area contributed by atoms with Crippen LogP contribution in [0.4, 0.5) is 0 Å². The zero-order valence-corrected chi connectivity index (χ0v) is 9.54. The lowest BCUT2D eigenvalue weighted by molar-refractivity contribution is -0.0572. The Morgan fingerprint density at radius 1 is 1.40 bits per heavy atom. The Kier molecular flexibility index (Phi) is 3.62. The van der Waals surface area contributed by atoms with Gasteiger partial charge in [-0.2, -0.15) is 0 Å². The van der Waals surface area contributed by atoms with Crippen molar-refractivity contribution in [2.45, 2.75) is 25.7 Å². The van der Waals surface area contributed by atoms with E-state index in [0.29, 0.717) is 12.5 Å². The third kappa shape index (κ3) is 2.33. The molecule has 0 N–H and O–H groups in total. The minimum Gasteiger partial charge on any atom is -0.346 e. The Hall–Kier alpha value is -0.570. The molecule has 0 amide bonds. The Morgan fingerprint density at radius 3 is 2.87 bits per heavy atom. The molecule has 1 aliphatic heterocycles. The summed E-state index contributed by atoms with van der Waals surface area (Å²) < 4.78 is 11.3. The molecule has 1 saturated heterocycles. The molecule has 0 aromatic heterocycles. The van der Waals surface area contributed by atoms with Gasteiger partial charge in [-0.25, -0.2) is 0 Å². The summed E-state index contributed by atoms with van der Waals surface area (Å²) in [5, 5.41) is 0. The van der Waals surface area contributed by atoms with Crippen LogP contribution < -0.4 is 0 Å². The van der Waals surface area contributed by atoms with Crippen LogP contribution in [0.5, 0.6) is 0 Å². The minimum absolute atomic E-state index is 0.0292. The van der Waals surface area contributed by atoms with Gasteiger partial charge in [0, 0.05) is 5.56 Å². The molecule has 1 fully saturated rings. The first kappa shape index (κ1) is 10.9. The van der Waals surface area contributed by atoms with Crippen molar-refractivity contribution in [3.63, 3.8) is 0 Å². The maximum Gasteiger partial charge on any atom is 0.184 e. The fourth-order valence-corrected chi connectivity index (χ4v) is 1.94. The van der Waals surface area contributed by atoms with E-state index >= 15 is 0 Å². The molecule has 0 bridgehead atoms. The Labute approximate surface area is 95.1 Å². The number of benzene rings is 1. The van der Waals surface area contributed by atoms with Crippen LogP contribution >= 0.6 is 11.6 Å². The molecule has 1 aromatic rings. The highest BCUT2D eigenvalue weighted by atomic mass is 35.5. The van der Waals surface area contributed by atoms with E-state index in [0.717, 1.165) is 12.0 Å². The zero-order valence-electron chi connectivity index (χ0n) is 8.78. The van der Waals surface area contributed by atoms with E-state index in [2.05, 4.69) is 19.1 Å². The Bertz CT molecular complexity index is 327. The Morgan fingerprint density at radius 2 is 2.20 bits per heavy atom. The van der Waals surface area contributed by atoms with Crippen LogP contribution in [0.2, 0.25) is 0 Å². The molecule has 1 aromatic carbocycles. The van der Waals surface area contributed by atoms with Crippen LogP contribution in [0, 0.1) is 0 Å². The van der Waals surface area contributed by atoms with Crippen molar-refractivity contribution < 1.29 is 9.47 Å². The van der Waals surface area contributed by atoms with Crippen LogP contribution in [0.1, 0.15) is 24.3 Å². The third-order valence-corrected chi connectivity index (χ3v) is 2.96. The third-order valence-electron chi connectivity index (χ3n) is 2.61. The van der Waals surface area contributed by atoms with Crippen molar-refractivity contribution in [1.29, 1.82) is 0 Å². The number of hydrogen-bond acceptors (Lipinski definition) is 2. The SMILES string of the molecule is CCc1ccccc1C1OCC(CCl)O1. The number of ether oxygens (including phenoxy) is 2. The van der Waals surface area contributed by atoms with Gasteiger partial charge in [-0.05, 0) is 12.0 Å². The summed E-state index contributed by atoms with van der Waals surface area (Å²) in [5.41, 5.74) is 2.41. The Balaban J connectivity index is 2.16. The van der Waals surface area contributed by atoms with Crippen molar-refractivity contribution in [2.75, 3.05) is 12.5 Å². The molecule has 1 aliphatic rings. The molecular weight excluding hydrogens is 212 g/mol. The maximum atomic E-state index is 5.73. The summed E-state index contributed by atoms with van der Waals surface area (Å²) in [5.74, 6) is 0.491. The lowest BCUT2D eigenvalue weighted by Crippen LogP contribution is -2.11. The van der Waals surface area contributed by atoms with Crippen molar-refractivity contribution in [3.05, 3.63) is 35.4 Å². The molecule has 2 atom stereocenters. The van der Waals surface area contributed by atoms with E-state index in [4.69, 9.17) is 21.1 Å². The number of rotatable bonds is 3. The van der Waals surface area contributed by atoms with Crippen LogP contribution in [-0.4, -0.2) is 18.6 Å². The molecule has 3 heteroatoms. The van der Waals surface area contributed by atoms with Crippen LogP contribution in [-0.2, 0) is 15.9 Å². The van der Waals surface area contributed by atoms with E-state index in [9.17, 15) is 0 Å². The van der Waals surface area contributed by atoms with Gasteiger partial charge >= 0.3 is 0 Å². The summed E-state index contributed by atoms with van der Waals surface area (Å²) in [6.45, 7) is 2.72. The highest BCUT2D eigenvalue weighted by Crippen LogP contribution is 2.29. The number of alkyl halides is 1. The zero-order chi connectivity index (χ0) is 10.7. The number of halogens is 1. The lowest BCUT2D eigenvalue weighted by atomic mass is 10.1. The van der Waals surface area contributed by atoms with Gasteiger partial charge in [-0.15, -0.1) is 11.6 Å². The summed E-state index contributed by atoms with van der Waals surface area (Å²) in [4.78, 5) is 0. The molecular formula is C12H15ClO2. The predicted octanol–water partition coefficient (Wildman–Crippen LogP) is 2.90. The maximum absolute atomic E-state index is 5.73. The molecule has 82 valence electrons. The normalized spacial score (nSPS) is 25.7. The van der Waals surface area contributed by atoms with Gasteiger partial charge in [0.15, 0.2) is 6.29 Å². The summed E-state index contributed by atoms with van der Waals surface area (Å²) >= 11 is 5.73. The van der Waals surface area contributed by atoms with E-state index in [1.807, 2.05) is 12.1 Å². The number of aryl methyl sites for hydroxylation is 1. The first-order valence-electron chi connectivity index (χ1n) is 5.26. The minimum atomic E-state index is -0.232. The monoisotopic (exact) mass is 226 g/mol. The summed E-state index contributed by atoms with van der Waals surface area (Å²) in [7, 11) is 0. The van der Waals surface area contributed by atoms with Gasteiger partial charge in [0.1, 0.15) is 0 Å². The summed E-state index contributed by atoms with van der Waals surface area (Å²) in [6.07, 6.45) is 0.789.